The van der Waals surface area contributed by atoms with Gasteiger partial charge in [0.1, 0.15) is 17.2 Å². The van der Waals surface area contributed by atoms with Crippen molar-refractivity contribution in [2.24, 2.45) is 0 Å². The Kier molecular flexibility index (Phi) is 3.64. The van der Waals surface area contributed by atoms with Crippen molar-refractivity contribution in [2.45, 2.75) is 4.90 Å². The maximum atomic E-state index is 12.3. The molecule has 0 amide bonds. The predicted octanol–water partition coefficient (Wildman–Crippen LogP) is 3.34. The molecule has 0 saturated heterocycles. The van der Waals surface area contributed by atoms with Gasteiger partial charge in [0.15, 0.2) is 0 Å². The van der Waals surface area contributed by atoms with Crippen molar-refractivity contribution in [2.75, 3.05) is 10.5 Å². The number of furan rings is 1. The first-order valence-electron chi connectivity index (χ1n) is 6.41. The van der Waals surface area contributed by atoms with Gasteiger partial charge < -0.3 is 10.2 Å². The van der Waals surface area contributed by atoms with E-state index in [4.69, 9.17) is 27.0 Å². The van der Waals surface area contributed by atoms with E-state index in [1.165, 1.54) is 36.4 Å². The molecule has 3 N–H and O–H groups in total. The normalized spacial score (nSPS) is 11.3. The van der Waals surface area contributed by atoms with Gasteiger partial charge in [0.25, 0.3) is 10.0 Å². The molecule has 0 aliphatic rings. The van der Waals surface area contributed by atoms with Crippen LogP contribution in [-0.2, 0) is 10.0 Å². The first-order chi connectivity index (χ1) is 10.9. The lowest BCUT2D eigenvalue weighted by Crippen LogP contribution is -2.12. The van der Waals surface area contributed by atoms with Crippen LogP contribution in [0.1, 0.15) is 5.56 Å². The summed E-state index contributed by atoms with van der Waals surface area (Å²) in [5.41, 5.74) is 6.49. The fraction of sp³-hybridized carbons (Fsp3) is 0. The van der Waals surface area contributed by atoms with Crippen LogP contribution in [-0.4, -0.2) is 8.42 Å². The first-order valence-corrected chi connectivity index (χ1v) is 8.27. The maximum absolute atomic E-state index is 12.3. The van der Waals surface area contributed by atoms with Crippen LogP contribution >= 0.6 is 11.6 Å². The molecular formula is C15H10ClN3O3S. The molecule has 0 bridgehead atoms. The Balaban J connectivity index is 2.01. The quantitative estimate of drug-likeness (QED) is 0.755. The number of halogens is 1. The van der Waals surface area contributed by atoms with Gasteiger partial charge in [0, 0.05) is 16.1 Å². The fourth-order valence-corrected chi connectivity index (χ4v) is 3.30. The van der Waals surface area contributed by atoms with Gasteiger partial charge in [-0.15, -0.1) is 0 Å². The van der Waals surface area contributed by atoms with Gasteiger partial charge in [-0.25, -0.2) is 8.42 Å². The van der Waals surface area contributed by atoms with Crippen molar-refractivity contribution >= 4 is 44.2 Å². The Labute approximate surface area is 137 Å². The van der Waals surface area contributed by atoms with E-state index < -0.39 is 10.0 Å². The monoisotopic (exact) mass is 347 g/mol. The van der Waals surface area contributed by atoms with Gasteiger partial charge in [-0.05, 0) is 42.5 Å². The third kappa shape index (κ3) is 2.82. The van der Waals surface area contributed by atoms with Gasteiger partial charge in [-0.3, -0.25) is 4.72 Å². The number of nitriles is 1. The Morgan fingerprint density at radius 2 is 1.87 bits per heavy atom. The zero-order valence-electron chi connectivity index (χ0n) is 11.6. The van der Waals surface area contributed by atoms with E-state index in [2.05, 4.69) is 4.72 Å². The standard InChI is InChI=1S/C15H10ClN3O3S/c16-9-1-4-11(5-2-9)23(20,21)19-10-3-6-14-12(7-10)13(8-17)15(18)22-14/h1-7,19H,18H2. The zero-order chi connectivity index (χ0) is 16.6. The number of nitrogen functional groups attached to an aromatic ring is 1. The fourth-order valence-electron chi connectivity index (χ4n) is 2.12. The Morgan fingerprint density at radius 1 is 1.17 bits per heavy atom. The maximum Gasteiger partial charge on any atom is 0.261 e. The van der Waals surface area contributed by atoms with Crippen LogP contribution in [0.4, 0.5) is 11.6 Å². The molecule has 0 atom stereocenters. The number of hydrogen-bond acceptors (Lipinski definition) is 5. The Bertz CT molecular complexity index is 1030. The molecule has 1 heterocycles. The molecule has 0 unspecified atom stereocenters. The summed E-state index contributed by atoms with van der Waals surface area (Å²) in [5, 5.41) is 9.98. The SMILES string of the molecule is N#Cc1c(N)oc2ccc(NS(=O)(=O)c3ccc(Cl)cc3)cc12. The van der Waals surface area contributed by atoms with Crippen LogP contribution in [0.3, 0.4) is 0 Å². The minimum absolute atomic E-state index is 0.000193. The summed E-state index contributed by atoms with van der Waals surface area (Å²) in [6, 6.07) is 12.3. The molecule has 1 aromatic heterocycles. The van der Waals surface area contributed by atoms with Crippen molar-refractivity contribution < 1.29 is 12.8 Å². The highest BCUT2D eigenvalue weighted by Gasteiger charge is 2.16. The molecule has 23 heavy (non-hydrogen) atoms. The highest BCUT2D eigenvalue weighted by atomic mass is 35.5. The Hall–Kier alpha value is -2.69. The lowest BCUT2D eigenvalue weighted by atomic mass is 10.1. The molecule has 0 radical (unpaired) electrons. The average molecular weight is 348 g/mol. The van der Waals surface area contributed by atoms with E-state index in [1.807, 2.05) is 6.07 Å². The second kappa shape index (κ2) is 5.50. The molecule has 0 spiro atoms. The van der Waals surface area contributed by atoms with Crippen LogP contribution in [0.5, 0.6) is 0 Å². The number of nitrogens with zero attached hydrogens (tertiary/aromatic N) is 1. The predicted molar refractivity (Wildman–Crippen MR) is 87.6 cm³/mol. The largest absolute Gasteiger partial charge is 0.439 e. The van der Waals surface area contributed by atoms with Crippen LogP contribution < -0.4 is 10.5 Å². The van der Waals surface area contributed by atoms with Gasteiger partial charge in [0.2, 0.25) is 5.88 Å². The molecule has 2 aromatic carbocycles. The zero-order valence-corrected chi connectivity index (χ0v) is 13.1. The van der Waals surface area contributed by atoms with Gasteiger partial charge in [-0.2, -0.15) is 5.26 Å². The molecule has 0 fully saturated rings. The molecule has 0 saturated carbocycles. The van der Waals surface area contributed by atoms with Crippen LogP contribution in [0.25, 0.3) is 11.0 Å². The number of nitrogens with two attached hydrogens (primary N) is 1. The molecule has 3 rings (SSSR count). The van der Waals surface area contributed by atoms with Crippen molar-refractivity contribution in [3.8, 4) is 6.07 Å². The summed E-state index contributed by atoms with van der Waals surface area (Å²) < 4.78 is 32.4. The van der Waals surface area contributed by atoms with Crippen LogP contribution in [0.2, 0.25) is 5.02 Å². The minimum atomic E-state index is -3.76. The number of nitrogens with one attached hydrogen (secondary N) is 1. The molecular weight excluding hydrogens is 338 g/mol. The average Bonchev–Trinajstić information content (AvgIpc) is 2.82. The second-order valence-corrected chi connectivity index (χ2v) is 6.84. The van der Waals surface area contributed by atoms with Gasteiger partial charge in [-0.1, -0.05) is 11.6 Å². The summed E-state index contributed by atoms with van der Waals surface area (Å²) in [6.07, 6.45) is 0. The molecule has 3 aromatic rings. The number of rotatable bonds is 3. The summed E-state index contributed by atoms with van der Waals surface area (Å²) in [4.78, 5) is 0.0780. The minimum Gasteiger partial charge on any atom is -0.439 e. The highest BCUT2D eigenvalue weighted by molar-refractivity contribution is 7.92. The van der Waals surface area contributed by atoms with E-state index in [0.717, 1.165) is 0 Å². The van der Waals surface area contributed by atoms with Crippen LogP contribution in [0.15, 0.2) is 51.8 Å². The third-order valence-electron chi connectivity index (χ3n) is 3.20. The van der Waals surface area contributed by atoms with Crippen molar-refractivity contribution in [3.63, 3.8) is 0 Å². The molecule has 0 aliphatic carbocycles. The van der Waals surface area contributed by atoms with E-state index >= 15 is 0 Å². The first kappa shape index (κ1) is 15.2. The lowest BCUT2D eigenvalue weighted by Gasteiger charge is -2.08. The summed E-state index contributed by atoms with van der Waals surface area (Å²) in [5.74, 6) is 0.000193. The summed E-state index contributed by atoms with van der Waals surface area (Å²) in [6.45, 7) is 0. The number of benzene rings is 2. The van der Waals surface area contributed by atoms with Gasteiger partial charge >= 0.3 is 0 Å². The van der Waals surface area contributed by atoms with Gasteiger partial charge in [0.05, 0.1) is 4.90 Å². The van der Waals surface area contributed by atoms with Crippen molar-refractivity contribution in [1.82, 2.24) is 0 Å². The van der Waals surface area contributed by atoms with Crippen LogP contribution in [0, 0.1) is 11.3 Å². The number of sulfonamides is 1. The summed E-state index contributed by atoms with van der Waals surface area (Å²) in [7, 11) is -3.76. The number of hydrogen-bond donors (Lipinski definition) is 2. The number of fused-ring (bicyclic) bond motifs is 1. The lowest BCUT2D eigenvalue weighted by molar-refractivity contribution is 0.601. The highest BCUT2D eigenvalue weighted by Crippen LogP contribution is 2.30. The number of anilines is 2. The second-order valence-electron chi connectivity index (χ2n) is 4.72. The van der Waals surface area contributed by atoms with E-state index in [1.54, 1.807) is 6.07 Å². The molecule has 8 heteroatoms. The smallest absolute Gasteiger partial charge is 0.261 e. The van der Waals surface area contributed by atoms with E-state index in [9.17, 15) is 8.42 Å². The van der Waals surface area contributed by atoms with E-state index in [-0.39, 0.29) is 16.3 Å². The van der Waals surface area contributed by atoms with Crippen molar-refractivity contribution in [1.29, 1.82) is 5.26 Å². The van der Waals surface area contributed by atoms with Crippen molar-refractivity contribution in [3.05, 3.63) is 53.1 Å². The molecule has 0 aliphatic heterocycles. The molecule has 6 nitrogen and oxygen atoms in total. The third-order valence-corrected chi connectivity index (χ3v) is 4.85. The van der Waals surface area contributed by atoms with E-state index in [0.29, 0.717) is 21.7 Å². The summed E-state index contributed by atoms with van der Waals surface area (Å²) >= 11 is 5.75. The Morgan fingerprint density at radius 3 is 2.52 bits per heavy atom. The topological polar surface area (TPSA) is 109 Å². The molecule has 116 valence electrons.